The van der Waals surface area contributed by atoms with E-state index in [0.29, 0.717) is 10.7 Å². The Morgan fingerprint density at radius 1 is 1.00 bits per heavy atom. The fourth-order valence-electron chi connectivity index (χ4n) is 3.06. The molecular weight excluding hydrogens is 455 g/mol. The van der Waals surface area contributed by atoms with Gasteiger partial charge in [0, 0.05) is 17.8 Å². The van der Waals surface area contributed by atoms with Crippen LogP contribution >= 0.6 is 11.6 Å². The Hall–Kier alpha value is -3.10. The number of halogens is 2. The molecule has 0 radical (unpaired) electrons. The summed E-state index contributed by atoms with van der Waals surface area (Å²) in [5.74, 6) is -0.790. The summed E-state index contributed by atoms with van der Waals surface area (Å²) < 4.78 is 46.9. The van der Waals surface area contributed by atoms with E-state index in [4.69, 9.17) is 16.3 Å². The highest BCUT2D eigenvalue weighted by Gasteiger charge is 2.31. The maximum atomic E-state index is 13.7. The maximum absolute atomic E-state index is 13.7. The van der Waals surface area contributed by atoms with Crippen LogP contribution in [0.2, 0.25) is 5.02 Å². The number of carbonyl (C=O) groups excluding carboxylic acids is 1. The number of likely N-dealkylation sites (N-methyl/N-ethyl adjacent to an activating group) is 1. The highest BCUT2D eigenvalue weighted by Crippen LogP contribution is 2.31. The predicted octanol–water partition coefficient (Wildman–Crippen LogP) is 4.65. The number of methoxy groups -OCH3 is 1. The zero-order valence-electron chi connectivity index (χ0n) is 17.7. The number of sulfonamides is 1. The lowest BCUT2D eigenvalue weighted by Crippen LogP contribution is -2.42. The molecule has 0 aliphatic rings. The van der Waals surface area contributed by atoms with Gasteiger partial charge >= 0.3 is 0 Å². The van der Waals surface area contributed by atoms with Gasteiger partial charge < -0.3 is 9.64 Å². The minimum atomic E-state index is -4.19. The molecule has 168 valence electrons. The van der Waals surface area contributed by atoms with E-state index in [1.165, 1.54) is 61.5 Å². The summed E-state index contributed by atoms with van der Waals surface area (Å²) in [6.07, 6.45) is 0. The Morgan fingerprint density at radius 3 is 2.19 bits per heavy atom. The van der Waals surface area contributed by atoms with Crippen LogP contribution in [0.5, 0.6) is 5.75 Å². The van der Waals surface area contributed by atoms with Gasteiger partial charge in [0.25, 0.3) is 10.0 Å². The van der Waals surface area contributed by atoms with Gasteiger partial charge in [-0.3, -0.25) is 9.10 Å². The van der Waals surface area contributed by atoms with Crippen LogP contribution in [-0.4, -0.2) is 35.0 Å². The van der Waals surface area contributed by atoms with Crippen molar-refractivity contribution in [2.24, 2.45) is 0 Å². The first-order valence-electron chi connectivity index (χ1n) is 9.58. The summed E-state index contributed by atoms with van der Waals surface area (Å²) in [5, 5.41) is 0.425. The van der Waals surface area contributed by atoms with Crippen molar-refractivity contribution in [2.75, 3.05) is 29.9 Å². The Kier molecular flexibility index (Phi) is 7.06. The molecule has 9 heteroatoms. The SMILES string of the molecule is COc1ccc(C)cc1S(=O)(=O)N(CC(=O)N(C)c1ccc(F)cc1)c1ccc(Cl)cc1. The highest BCUT2D eigenvalue weighted by atomic mass is 35.5. The van der Waals surface area contributed by atoms with Crippen LogP contribution in [0.25, 0.3) is 0 Å². The summed E-state index contributed by atoms with van der Waals surface area (Å²) in [5.41, 5.74) is 1.41. The molecule has 3 rings (SSSR count). The molecule has 0 atom stereocenters. The standard InChI is InChI=1S/C23H22ClFN2O4S/c1-16-4-13-21(31-3)22(14-16)32(29,30)27(20-9-5-17(24)6-10-20)15-23(28)26(2)19-11-7-18(25)8-12-19/h4-14H,15H2,1-3H3. The summed E-state index contributed by atoms with van der Waals surface area (Å²) in [4.78, 5) is 14.3. The van der Waals surface area contributed by atoms with Gasteiger partial charge in [-0.25, -0.2) is 12.8 Å². The molecule has 32 heavy (non-hydrogen) atoms. The van der Waals surface area contributed by atoms with Crippen molar-refractivity contribution in [1.82, 2.24) is 0 Å². The number of aryl methyl sites for hydroxylation is 1. The quantitative estimate of drug-likeness (QED) is 0.497. The third-order valence-electron chi connectivity index (χ3n) is 4.87. The van der Waals surface area contributed by atoms with Crippen LogP contribution in [0, 0.1) is 12.7 Å². The third kappa shape index (κ3) is 5.03. The Morgan fingerprint density at radius 2 is 1.59 bits per heavy atom. The van der Waals surface area contributed by atoms with Crippen molar-refractivity contribution in [2.45, 2.75) is 11.8 Å². The van der Waals surface area contributed by atoms with E-state index >= 15 is 0 Å². The second kappa shape index (κ2) is 9.58. The molecule has 0 aliphatic heterocycles. The molecule has 1 amide bonds. The Balaban J connectivity index is 2.04. The molecule has 0 unspecified atom stereocenters. The number of benzene rings is 3. The smallest absolute Gasteiger partial charge is 0.268 e. The lowest BCUT2D eigenvalue weighted by atomic mass is 10.2. The lowest BCUT2D eigenvalue weighted by Gasteiger charge is -2.27. The Bertz CT molecular complexity index is 1220. The van der Waals surface area contributed by atoms with Crippen LogP contribution < -0.4 is 13.9 Å². The van der Waals surface area contributed by atoms with Crippen LogP contribution in [0.3, 0.4) is 0 Å². The van der Waals surface area contributed by atoms with Gasteiger partial charge in [0.05, 0.1) is 12.8 Å². The summed E-state index contributed by atoms with van der Waals surface area (Å²) in [7, 11) is -1.32. The highest BCUT2D eigenvalue weighted by molar-refractivity contribution is 7.93. The lowest BCUT2D eigenvalue weighted by molar-refractivity contribution is -0.116. The molecule has 0 spiro atoms. The minimum absolute atomic E-state index is 0.0628. The first-order chi connectivity index (χ1) is 15.1. The topological polar surface area (TPSA) is 66.9 Å². The molecule has 3 aromatic carbocycles. The van der Waals surface area contributed by atoms with E-state index in [0.717, 1.165) is 9.87 Å². The molecule has 0 saturated carbocycles. The van der Waals surface area contributed by atoms with Crippen molar-refractivity contribution in [3.63, 3.8) is 0 Å². The molecule has 0 fully saturated rings. The van der Waals surface area contributed by atoms with Gasteiger partial charge in [-0.1, -0.05) is 17.7 Å². The zero-order chi connectivity index (χ0) is 23.5. The summed E-state index contributed by atoms with van der Waals surface area (Å²) in [6.45, 7) is 1.27. The van der Waals surface area contributed by atoms with Crippen LogP contribution in [0.4, 0.5) is 15.8 Å². The number of anilines is 2. The van der Waals surface area contributed by atoms with E-state index in [1.54, 1.807) is 31.2 Å². The van der Waals surface area contributed by atoms with E-state index in [2.05, 4.69) is 0 Å². The minimum Gasteiger partial charge on any atom is -0.495 e. The third-order valence-corrected chi connectivity index (χ3v) is 6.92. The predicted molar refractivity (Wildman–Crippen MR) is 124 cm³/mol. The maximum Gasteiger partial charge on any atom is 0.268 e. The van der Waals surface area contributed by atoms with Gasteiger partial charge in [-0.15, -0.1) is 0 Å². The zero-order valence-corrected chi connectivity index (χ0v) is 19.3. The van der Waals surface area contributed by atoms with Gasteiger partial charge in [-0.2, -0.15) is 0 Å². The van der Waals surface area contributed by atoms with E-state index in [9.17, 15) is 17.6 Å². The number of amides is 1. The van der Waals surface area contributed by atoms with E-state index in [1.807, 2.05) is 0 Å². The number of nitrogens with zero attached hydrogens (tertiary/aromatic N) is 2. The van der Waals surface area contributed by atoms with Crippen molar-refractivity contribution in [1.29, 1.82) is 0 Å². The first-order valence-corrected chi connectivity index (χ1v) is 11.4. The van der Waals surface area contributed by atoms with Gasteiger partial charge in [0.2, 0.25) is 5.91 Å². The normalized spacial score (nSPS) is 11.2. The average molecular weight is 477 g/mol. The Labute approximate surface area is 191 Å². The fourth-order valence-corrected chi connectivity index (χ4v) is 4.85. The molecule has 0 heterocycles. The first kappa shape index (κ1) is 23.6. The van der Waals surface area contributed by atoms with Gasteiger partial charge in [0.1, 0.15) is 23.0 Å². The second-order valence-electron chi connectivity index (χ2n) is 7.07. The number of carbonyl (C=O) groups is 1. The average Bonchev–Trinajstić information content (AvgIpc) is 2.78. The molecule has 0 aliphatic carbocycles. The van der Waals surface area contributed by atoms with Crippen molar-refractivity contribution in [3.05, 3.63) is 83.1 Å². The second-order valence-corrected chi connectivity index (χ2v) is 9.34. The number of rotatable bonds is 7. The van der Waals surface area contributed by atoms with Crippen LogP contribution in [0.15, 0.2) is 71.6 Å². The molecule has 0 N–H and O–H groups in total. The number of hydrogen-bond acceptors (Lipinski definition) is 4. The molecule has 6 nitrogen and oxygen atoms in total. The van der Waals surface area contributed by atoms with Gasteiger partial charge in [-0.05, 0) is 73.2 Å². The largest absolute Gasteiger partial charge is 0.495 e. The van der Waals surface area contributed by atoms with Crippen molar-refractivity contribution >= 4 is 38.9 Å². The number of ether oxygens (including phenoxy) is 1. The van der Waals surface area contributed by atoms with Crippen LogP contribution in [0.1, 0.15) is 5.56 Å². The van der Waals surface area contributed by atoms with Crippen molar-refractivity contribution < 1.29 is 22.3 Å². The molecule has 0 aromatic heterocycles. The van der Waals surface area contributed by atoms with Crippen molar-refractivity contribution in [3.8, 4) is 5.75 Å². The molecule has 0 saturated heterocycles. The molecule has 3 aromatic rings. The van der Waals surface area contributed by atoms with E-state index < -0.39 is 28.3 Å². The summed E-state index contributed by atoms with van der Waals surface area (Å²) >= 11 is 5.97. The monoisotopic (exact) mass is 476 g/mol. The fraction of sp³-hybridized carbons (Fsp3) is 0.174. The molecular formula is C23H22ClFN2O4S. The van der Waals surface area contributed by atoms with Gasteiger partial charge in [0.15, 0.2) is 0 Å². The molecule has 0 bridgehead atoms. The summed E-state index contributed by atoms with van der Waals surface area (Å²) in [6, 6.07) is 16.3. The van der Waals surface area contributed by atoms with Crippen LogP contribution in [-0.2, 0) is 14.8 Å². The van der Waals surface area contributed by atoms with E-state index in [-0.39, 0.29) is 16.3 Å². The number of hydrogen-bond donors (Lipinski definition) is 0.